The number of quaternary nitrogens is 1. The lowest BCUT2D eigenvalue weighted by atomic mass is 10.2. The topological polar surface area (TPSA) is 38.0 Å². The first-order valence-electron chi connectivity index (χ1n) is 4.98. The summed E-state index contributed by atoms with van der Waals surface area (Å²) >= 11 is 5.89. The van der Waals surface area contributed by atoms with E-state index in [0.717, 1.165) is 28.9 Å². The largest absolute Gasteiger partial charge is 0.397 e. The SMILES string of the molecule is C[N+](C)(C)CCNc1cc(Cl)ccc1N. The first-order chi connectivity index (χ1) is 6.88. The van der Waals surface area contributed by atoms with Gasteiger partial charge in [0.15, 0.2) is 0 Å². The van der Waals surface area contributed by atoms with Crippen molar-refractivity contribution in [2.75, 3.05) is 45.3 Å². The fourth-order valence-electron chi connectivity index (χ4n) is 1.21. The molecule has 0 saturated heterocycles. The van der Waals surface area contributed by atoms with Gasteiger partial charge in [-0.15, -0.1) is 0 Å². The fourth-order valence-corrected chi connectivity index (χ4v) is 1.38. The number of nitrogens with two attached hydrogens (primary N) is 1. The summed E-state index contributed by atoms with van der Waals surface area (Å²) in [7, 11) is 6.47. The maximum Gasteiger partial charge on any atom is 0.0955 e. The molecule has 84 valence electrons. The molecule has 0 spiro atoms. The van der Waals surface area contributed by atoms with E-state index in [-0.39, 0.29) is 0 Å². The number of nitrogens with zero attached hydrogens (tertiary/aromatic N) is 1. The molecule has 0 fully saturated rings. The number of benzene rings is 1. The molecule has 0 amide bonds. The lowest BCUT2D eigenvalue weighted by Crippen LogP contribution is -2.38. The minimum absolute atomic E-state index is 0.706. The van der Waals surface area contributed by atoms with Crippen LogP contribution < -0.4 is 11.1 Å². The van der Waals surface area contributed by atoms with Crippen molar-refractivity contribution in [2.45, 2.75) is 0 Å². The van der Waals surface area contributed by atoms with Crippen LogP contribution in [0.5, 0.6) is 0 Å². The molecule has 0 aliphatic carbocycles. The molecule has 1 aromatic rings. The third-order valence-corrected chi connectivity index (χ3v) is 2.35. The van der Waals surface area contributed by atoms with Gasteiger partial charge in [0, 0.05) is 5.02 Å². The van der Waals surface area contributed by atoms with Crippen molar-refractivity contribution in [3.8, 4) is 0 Å². The molecule has 0 saturated carbocycles. The molecule has 0 atom stereocenters. The Morgan fingerprint density at radius 2 is 2.00 bits per heavy atom. The summed E-state index contributed by atoms with van der Waals surface area (Å²) in [4.78, 5) is 0. The van der Waals surface area contributed by atoms with Crippen molar-refractivity contribution in [2.24, 2.45) is 0 Å². The minimum atomic E-state index is 0.706. The van der Waals surface area contributed by atoms with Crippen molar-refractivity contribution in [3.05, 3.63) is 23.2 Å². The van der Waals surface area contributed by atoms with E-state index < -0.39 is 0 Å². The van der Waals surface area contributed by atoms with Crippen LogP contribution in [0.4, 0.5) is 11.4 Å². The molecule has 4 heteroatoms. The van der Waals surface area contributed by atoms with Gasteiger partial charge in [-0.2, -0.15) is 0 Å². The predicted molar refractivity (Wildman–Crippen MR) is 67.3 cm³/mol. The molecular formula is C11H19ClN3+. The van der Waals surface area contributed by atoms with Gasteiger partial charge >= 0.3 is 0 Å². The molecule has 0 bridgehead atoms. The molecule has 0 aliphatic rings. The average molecular weight is 229 g/mol. The number of likely N-dealkylation sites (N-methyl/N-ethyl adjacent to an activating group) is 1. The fraction of sp³-hybridized carbons (Fsp3) is 0.455. The van der Waals surface area contributed by atoms with Gasteiger partial charge in [-0.3, -0.25) is 0 Å². The molecule has 0 aliphatic heterocycles. The number of anilines is 2. The van der Waals surface area contributed by atoms with E-state index in [1.165, 1.54) is 0 Å². The van der Waals surface area contributed by atoms with E-state index in [4.69, 9.17) is 17.3 Å². The highest BCUT2D eigenvalue weighted by Gasteiger charge is 2.06. The summed E-state index contributed by atoms with van der Waals surface area (Å²) < 4.78 is 0.924. The third kappa shape index (κ3) is 4.40. The van der Waals surface area contributed by atoms with E-state index in [9.17, 15) is 0 Å². The number of hydrogen-bond acceptors (Lipinski definition) is 2. The Balaban J connectivity index is 2.54. The maximum atomic E-state index is 5.89. The van der Waals surface area contributed by atoms with Crippen LogP contribution in [0.15, 0.2) is 18.2 Å². The van der Waals surface area contributed by atoms with Crippen LogP contribution in [0.25, 0.3) is 0 Å². The van der Waals surface area contributed by atoms with E-state index >= 15 is 0 Å². The molecule has 15 heavy (non-hydrogen) atoms. The highest BCUT2D eigenvalue weighted by molar-refractivity contribution is 6.31. The van der Waals surface area contributed by atoms with Crippen molar-refractivity contribution >= 4 is 23.0 Å². The molecule has 1 aromatic carbocycles. The molecule has 0 radical (unpaired) electrons. The van der Waals surface area contributed by atoms with Crippen molar-refractivity contribution in [1.29, 1.82) is 0 Å². The first kappa shape index (κ1) is 12.1. The Hall–Kier alpha value is -0.930. The molecule has 0 aromatic heterocycles. The van der Waals surface area contributed by atoms with Gasteiger partial charge in [0.25, 0.3) is 0 Å². The van der Waals surface area contributed by atoms with E-state index in [1.54, 1.807) is 6.07 Å². The zero-order valence-electron chi connectivity index (χ0n) is 9.55. The second kappa shape index (κ2) is 4.73. The standard InChI is InChI=1S/C11H19ClN3/c1-15(2,3)7-6-14-11-8-9(12)4-5-10(11)13/h4-5,8,14H,6-7,13H2,1-3H3/q+1. The summed E-state index contributed by atoms with van der Waals surface area (Å²) in [5.74, 6) is 0. The van der Waals surface area contributed by atoms with Gasteiger partial charge in [-0.05, 0) is 18.2 Å². The Morgan fingerprint density at radius 3 is 2.60 bits per heavy atom. The summed E-state index contributed by atoms with van der Waals surface area (Å²) in [6.07, 6.45) is 0. The van der Waals surface area contributed by atoms with Gasteiger partial charge in [-0.1, -0.05) is 11.6 Å². The number of nitrogens with one attached hydrogen (secondary N) is 1. The zero-order chi connectivity index (χ0) is 11.5. The van der Waals surface area contributed by atoms with Gasteiger partial charge in [0.1, 0.15) is 0 Å². The molecular weight excluding hydrogens is 210 g/mol. The second-order valence-corrected chi connectivity index (χ2v) is 5.11. The van der Waals surface area contributed by atoms with Crippen LogP contribution in [-0.4, -0.2) is 38.7 Å². The number of nitrogen functional groups attached to an aromatic ring is 1. The summed E-state index contributed by atoms with van der Waals surface area (Å²) in [5.41, 5.74) is 7.46. The van der Waals surface area contributed by atoms with Crippen molar-refractivity contribution in [1.82, 2.24) is 0 Å². The van der Waals surface area contributed by atoms with Crippen LogP contribution in [0.2, 0.25) is 5.02 Å². The molecule has 3 N–H and O–H groups in total. The first-order valence-corrected chi connectivity index (χ1v) is 5.36. The monoisotopic (exact) mass is 228 g/mol. The Kier molecular flexibility index (Phi) is 3.83. The predicted octanol–water partition coefficient (Wildman–Crippen LogP) is 2.04. The number of halogens is 1. The lowest BCUT2D eigenvalue weighted by molar-refractivity contribution is -0.868. The van der Waals surface area contributed by atoms with Crippen molar-refractivity contribution < 1.29 is 4.48 Å². The van der Waals surface area contributed by atoms with E-state index in [2.05, 4.69) is 26.5 Å². The molecule has 0 unspecified atom stereocenters. The summed E-state index contributed by atoms with van der Waals surface area (Å²) in [6.45, 7) is 1.92. The Bertz CT molecular complexity index is 331. The third-order valence-electron chi connectivity index (χ3n) is 2.11. The van der Waals surface area contributed by atoms with Gasteiger partial charge < -0.3 is 15.5 Å². The molecule has 3 nitrogen and oxygen atoms in total. The molecule has 0 heterocycles. The Labute approximate surface area is 96.4 Å². The van der Waals surface area contributed by atoms with Gasteiger partial charge in [0.05, 0.1) is 45.6 Å². The minimum Gasteiger partial charge on any atom is -0.397 e. The highest BCUT2D eigenvalue weighted by atomic mass is 35.5. The average Bonchev–Trinajstić information content (AvgIpc) is 2.09. The van der Waals surface area contributed by atoms with Gasteiger partial charge in [0.2, 0.25) is 0 Å². The Morgan fingerprint density at radius 1 is 1.33 bits per heavy atom. The highest BCUT2D eigenvalue weighted by Crippen LogP contribution is 2.22. The summed E-state index contributed by atoms with van der Waals surface area (Å²) in [6, 6.07) is 5.46. The number of rotatable bonds is 4. The maximum absolute atomic E-state index is 5.89. The quantitative estimate of drug-likeness (QED) is 0.612. The zero-order valence-corrected chi connectivity index (χ0v) is 10.3. The smallest absolute Gasteiger partial charge is 0.0955 e. The van der Waals surface area contributed by atoms with E-state index in [1.807, 2.05) is 12.1 Å². The summed E-state index contributed by atoms with van der Waals surface area (Å²) in [5, 5.41) is 3.99. The van der Waals surface area contributed by atoms with Crippen molar-refractivity contribution in [3.63, 3.8) is 0 Å². The number of hydrogen-bond donors (Lipinski definition) is 2. The van der Waals surface area contributed by atoms with Crippen LogP contribution in [0.3, 0.4) is 0 Å². The van der Waals surface area contributed by atoms with Gasteiger partial charge in [-0.25, -0.2) is 0 Å². The molecule has 1 rings (SSSR count). The van der Waals surface area contributed by atoms with Crippen LogP contribution in [-0.2, 0) is 0 Å². The normalized spacial score (nSPS) is 11.5. The lowest BCUT2D eigenvalue weighted by Gasteiger charge is -2.24. The van der Waals surface area contributed by atoms with Crippen LogP contribution in [0, 0.1) is 0 Å². The van der Waals surface area contributed by atoms with Crippen LogP contribution >= 0.6 is 11.6 Å². The van der Waals surface area contributed by atoms with E-state index in [0.29, 0.717) is 5.02 Å². The van der Waals surface area contributed by atoms with Crippen LogP contribution in [0.1, 0.15) is 0 Å². The second-order valence-electron chi connectivity index (χ2n) is 4.67.